The number of nitrogens with two attached hydrogens (primary N) is 1. The summed E-state index contributed by atoms with van der Waals surface area (Å²) in [5.41, 5.74) is 7.90. The van der Waals surface area contributed by atoms with Gasteiger partial charge < -0.3 is 15.3 Å². The third kappa shape index (κ3) is 3.00. The van der Waals surface area contributed by atoms with Gasteiger partial charge in [-0.15, -0.1) is 0 Å². The first-order chi connectivity index (χ1) is 8.56. The molecule has 5 nitrogen and oxygen atoms in total. The van der Waals surface area contributed by atoms with Crippen LogP contribution >= 0.6 is 0 Å². The van der Waals surface area contributed by atoms with Crippen LogP contribution in [0.25, 0.3) is 11.1 Å². The van der Waals surface area contributed by atoms with E-state index in [2.05, 4.69) is 9.88 Å². The molecule has 5 heteroatoms. The van der Waals surface area contributed by atoms with Crippen LogP contribution in [0.15, 0.2) is 22.6 Å². The molecule has 0 saturated heterocycles. The predicted octanol–water partition coefficient (Wildman–Crippen LogP) is 1.61. The molecule has 0 amide bonds. The number of benzene rings is 1. The van der Waals surface area contributed by atoms with E-state index in [4.69, 9.17) is 10.2 Å². The monoisotopic (exact) mass is 249 g/mol. The summed E-state index contributed by atoms with van der Waals surface area (Å²) < 4.78 is 5.63. The van der Waals surface area contributed by atoms with Gasteiger partial charge in [0.05, 0.1) is 18.3 Å². The smallest absolute Gasteiger partial charge is 0.209 e. The van der Waals surface area contributed by atoms with Crippen molar-refractivity contribution in [2.75, 3.05) is 19.3 Å². The van der Waals surface area contributed by atoms with Crippen molar-refractivity contribution in [3.8, 4) is 0 Å². The normalized spacial score (nSPS) is 13.3. The third-order valence-electron chi connectivity index (χ3n) is 2.83. The van der Waals surface area contributed by atoms with E-state index in [9.17, 15) is 5.11 Å². The number of oxazole rings is 1. The quantitative estimate of drug-likeness (QED) is 0.787. The molecule has 1 heterocycles. The van der Waals surface area contributed by atoms with Crippen LogP contribution in [0.5, 0.6) is 0 Å². The molecule has 1 unspecified atom stereocenters. The molecule has 0 fully saturated rings. The van der Waals surface area contributed by atoms with Crippen molar-refractivity contribution in [1.82, 2.24) is 9.88 Å². The molecule has 3 N–H and O–H groups in total. The van der Waals surface area contributed by atoms with Crippen LogP contribution in [0.3, 0.4) is 0 Å². The molecule has 0 aliphatic heterocycles. The second-order valence-corrected chi connectivity index (χ2v) is 4.68. The fraction of sp³-hybridized carbons (Fsp3) is 0.462. The molecule has 1 atom stereocenters. The molecule has 1 aromatic heterocycles. The number of aliphatic hydroxyl groups excluding tert-OH is 1. The van der Waals surface area contributed by atoms with Crippen LogP contribution in [0.4, 0.5) is 5.69 Å². The molecule has 98 valence electrons. The van der Waals surface area contributed by atoms with Crippen molar-refractivity contribution < 1.29 is 9.52 Å². The van der Waals surface area contributed by atoms with E-state index in [-0.39, 0.29) is 6.10 Å². The Hall–Kier alpha value is -1.59. The Morgan fingerprint density at radius 3 is 2.94 bits per heavy atom. The van der Waals surface area contributed by atoms with E-state index >= 15 is 0 Å². The van der Waals surface area contributed by atoms with E-state index in [1.54, 1.807) is 6.92 Å². The Morgan fingerprint density at radius 2 is 2.28 bits per heavy atom. The summed E-state index contributed by atoms with van der Waals surface area (Å²) in [6.45, 7) is 3.20. The summed E-state index contributed by atoms with van der Waals surface area (Å²) in [5.74, 6) is 0.649. The maximum atomic E-state index is 9.24. The number of hydrogen-bond acceptors (Lipinski definition) is 5. The highest BCUT2D eigenvalue weighted by atomic mass is 16.3. The first-order valence-electron chi connectivity index (χ1n) is 6.07. The van der Waals surface area contributed by atoms with E-state index in [1.165, 1.54) is 0 Å². The summed E-state index contributed by atoms with van der Waals surface area (Å²) >= 11 is 0. The van der Waals surface area contributed by atoms with E-state index < -0.39 is 0 Å². The van der Waals surface area contributed by atoms with Crippen molar-refractivity contribution >= 4 is 16.8 Å². The number of aromatic nitrogens is 1. The minimum atomic E-state index is -0.285. The van der Waals surface area contributed by atoms with Crippen LogP contribution in [0.2, 0.25) is 0 Å². The predicted molar refractivity (Wildman–Crippen MR) is 71.1 cm³/mol. The van der Waals surface area contributed by atoms with Gasteiger partial charge >= 0.3 is 0 Å². The minimum Gasteiger partial charge on any atom is -0.439 e. The molecule has 0 aliphatic rings. The zero-order valence-electron chi connectivity index (χ0n) is 10.8. The van der Waals surface area contributed by atoms with Gasteiger partial charge in [-0.05, 0) is 32.5 Å². The van der Waals surface area contributed by atoms with Crippen molar-refractivity contribution in [3.05, 3.63) is 24.1 Å². The van der Waals surface area contributed by atoms with Crippen LogP contribution in [0.1, 0.15) is 19.2 Å². The van der Waals surface area contributed by atoms with E-state index in [0.29, 0.717) is 23.7 Å². The van der Waals surface area contributed by atoms with E-state index in [0.717, 1.165) is 18.5 Å². The summed E-state index contributed by atoms with van der Waals surface area (Å²) in [5, 5.41) is 9.24. The van der Waals surface area contributed by atoms with Gasteiger partial charge in [0.1, 0.15) is 5.52 Å². The second-order valence-electron chi connectivity index (χ2n) is 4.68. The molecule has 0 aliphatic carbocycles. The Bertz CT molecular complexity index is 522. The second kappa shape index (κ2) is 5.37. The van der Waals surface area contributed by atoms with Crippen molar-refractivity contribution in [3.63, 3.8) is 0 Å². The maximum Gasteiger partial charge on any atom is 0.209 e. The average Bonchev–Trinajstić information content (AvgIpc) is 2.70. The van der Waals surface area contributed by atoms with Crippen molar-refractivity contribution in [1.29, 1.82) is 0 Å². The molecule has 0 bridgehead atoms. The standard InChI is InChI=1S/C13H19N3O2/c1-9(17)6-7-16(2)8-12-15-13-10(14)4-3-5-11(13)18-12/h3-5,9,17H,6-8,14H2,1-2H3. The topological polar surface area (TPSA) is 75.5 Å². The highest BCUT2D eigenvalue weighted by molar-refractivity contribution is 5.85. The lowest BCUT2D eigenvalue weighted by atomic mass is 10.3. The molecular weight excluding hydrogens is 230 g/mol. The van der Waals surface area contributed by atoms with Gasteiger partial charge in [-0.25, -0.2) is 4.98 Å². The number of anilines is 1. The molecule has 0 saturated carbocycles. The number of para-hydroxylation sites is 1. The third-order valence-corrected chi connectivity index (χ3v) is 2.83. The largest absolute Gasteiger partial charge is 0.439 e. The Labute approximate surface area is 106 Å². The summed E-state index contributed by atoms with van der Waals surface area (Å²) in [6.07, 6.45) is 0.450. The van der Waals surface area contributed by atoms with Crippen LogP contribution in [0, 0.1) is 0 Å². The molecular formula is C13H19N3O2. The fourth-order valence-electron chi connectivity index (χ4n) is 1.80. The van der Waals surface area contributed by atoms with E-state index in [1.807, 2.05) is 25.2 Å². The van der Waals surface area contributed by atoms with Crippen molar-refractivity contribution in [2.45, 2.75) is 26.0 Å². The van der Waals surface area contributed by atoms with Crippen LogP contribution in [-0.2, 0) is 6.54 Å². The van der Waals surface area contributed by atoms with Gasteiger partial charge in [0.25, 0.3) is 0 Å². The van der Waals surface area contributed by atoms with Gasteiger partial charge in [0.2, 0.25) is 5.89 Å². The van der Waals surface area contributed by atoms with Gasteiger partial charge in [-0.2, -0.15) is 0 Å². The molecule has 2 aromatic rings. The van der Waals surface area contributed by atoms with Gasteiger partial charge in [-0.1, -0.05) is 6.07 Å². The SMILES string of the molecule is CC(O)CCN(C)Cc1nc2c(N)cccc2o1. The lowest BCUT2D eigenvalue weighted by Crippen LogP contribution is -2.22. The first kappa shape index (κ1) is 12.9. The first-order valence-corrected chi connectivity index (χ1v) is 6.07. The number of hydrogen-bond donors (Lipinski definition) is 2. The maximum absolute atomic E-state index is 9.24. The lowest BCUT2D eigenvalue weighted by molar-refractivity contribution is 0.160. The zero-order chi connectivity index (χ0) is 13.1. The number of fused-ring (bicyclic) bond motifs is 1. The molecule has 1 aromatic carbocycles. The molecule has 0 radical (unpaired) electrons. The highest BCUT2D eigenvalue weighted by Gasteiger charge is 2.10. The number of nitrogen functional groups attached to an aromatic ring is 1. The molecule has 18 heavy (non-hydrogen) atoms. The number of aliphatic hydroxyl groups is 1. The number of nitrogens with zero attached hydrogens (tertiary/aromatic N) is 2. The average molecular weight is 249 g/mol. The van der Waals surface area contributed by atoms with Crippen LogP contribution in [-0.4, -0.2) is 34.7 Å². The highest BCUT2D eigenvalue weighted by Crippen LogP contribution is 2.21. The number of rotatable bonds is 5. The Kier molecular flexibility index (Phi) is 3.84. The lowest BCUT2D eigenvalue weighted by Gasteiger charge is -2.15. The summed E-state index contributed by atoms with van der Waals surface area (Å²) in [4.78, 5) is 6.45. The fourth-order valence-corrected chi connectivity index (χ4v) is 1.80. The summed E-state index contributed by atoms with van der Waals surface area (Å²) in [7, 11) is 1.97. The van der Waals surface area contributed by atoms with Gasteiger partial charge in [-0.3, -0.25) is 4.90 Å². The van der Waals surface area contributed by atoms with Gasteiger partial charge in [0.15, 0.2) is 5.58 Å². The Balaban J connectivity index is 2.05. The van der Waals surface area contributed by atoms with Gasteiger partial charge in [0, 0.05) is 6.54 Å². The minimum absolute atomic E-state index is 0.285. The van der Waals surface area contributed by atoms with Crippen molar-refractivity contribution in [2.24, 2.45) is 0 Å². The molecule has 2 rings (SSSR count). The molecule has 0 spiro atoms. The Morgan fingerprint density at radius 1 is 1.50 bits per heavy atom. The summed E-state index contributed by atoms with van der Waals surface area (Å²) in [6, 6.07) is 5.52. The zero-order valence-corrected chi connectivity index (χ0v) is 10.8. The van der Waals surface area contributed by atoms with Crippen LogP contribution < -0.4 is 5.73 Å².